The van der Waals surface area contributed by atoms with E-state index in [1.807, 2.05) is 48.2 Å². The molecule has 0 bridgehead atoms. The standard InChI is InChI=1S/C24H29NO5/c1-5-30-22-11-8-17(15-23(22)29-4)9-13-24(26)25-14-6-7-20(25)19-16-18(27-2)10-12-21(19)28-3/h8-13,15-16,20H,5-7,14H2,1-4H3/b13-9+. The van der Waals surface area contributed by atoms with Gasteiger partial charge < -0.3 is 23.8 Å². The Morgan fingerprint density at radius 1 is 1.03 bits per heavy atom. The zero-order chi connectivity index (χ0) is 21.5. The molecule has 1 heterocycles. The lowest BCUT2D eigenvalue weighted by molar-refractivity contribution is -0.126. The summed E-state index contributed by atoms with van der Waals surface area (Å²) in [7, 11) is 4.88. The third-order valence-corrected chi connectivity index (χ3v) is 5.24. The van der Waals surface area contributed by atoms with E-state index in [1.54, 1.807) is 33.5 Å². The van der Waals surface area contributed by atoms with E-state index in [2.05, 4.69) is 0 Å². The number of methoxy groups -OCH3 is 3. The number of rotatable bonds is 8. The van der Waals surface area contributed by atoms with E-state index < -0.39 is 0 Å². The summed E-state index contributed by atoms with van der Waals surface area (Å²) in [4.78, 5) is 14.9. The fourth-order valence-corrected chi connectivity index (χ4v) is 3.78. The third kappa shape index (κ3) is 4.70. The molecule has 1 unspecified atom stereocenters. The van der Waals surface area contributed by atoms with Gasteiger partial charge in [-0.1, -0.05) is 6.07 Å². The van der Waals surface area contributed by atoms with Crippen LogP contribution in [0.1, 0.15) is 36.9 Å². The highest BCUT2D eigenvalue weighted by Crippen LogP contribution is 2.39. The fraction of sp³-hybridized carbons (Fsp3) is 0.375. The Bertz CT molecular complexity index is 908. The molecule has 1 amide bonds. The lowest BCUT2D eigenvalue weighted by Crippen LogP contribution is -2.29. The van der Waals surface area contributed by atoms with Gasteiger partial charge in [0.2, 0.25) is 5.91 Å². The molecule has 1 fully saturated rings. The van der Waals surface area contributed by atoms with Crippen LogP contribution in [0.2, 0.25) is 0 Å². The first-order valence-electron chi connectivity index (χ1n) is 10.1. The summed E-state index contributed by atoms with van der Waals surface area (Å²) < 4.78 is 21.8. The molecule has 0 aromatic heterocycles. The molecule has 1 aliphatic rings. The third-order valence-electron chi connectivity index (χ3n) is 5.24. The molecule has 160 valence electrons. The van der Waals surface area contributed by atoms with Gasteiger partial charge in [-0.15, -0.1) is 0 Å². The van der Waals surface area contributed by atoms with Gasteiger partial charge >= 0.3 is 0 Å². The van der Waals surface area contributed by atoms with Crippen molar-refractivity contribution in [3.63, 3.8) is 0 Å². The molecule has 0 aliphatic carbocycles. The highest BCUT2D eigenvalue weighted by atomic mass is 16.5. The van der Waals surface area contributed by atoms with Gasteiger partial charge in [-0.25, -0.2) is 0 Å². The van der Waals surface area contributed by atoms with Crippen molar-refractivity contribution in [2.24, 2.45) is 0 Å². The Morgan fingerprint density at radius 2 is 1.80 bits per heavy atom. The number of likely N-dealkylation sites (tertiary alicyclic amines) is 1. The summed E-state index contributed by atoms with van der Waals surface area (Å²) in [6, 6.07) is 11.3. The van der Waals surface area contributed by atoms with Gasteiger partial charge in [-0.3, -0.25) is 4.79 Å². The lowest BCUT2D eigenvalue weighted by Gasteiger charge is -2.25. The van der Waals surface area contributed by atoms with Gasteiger partial charge in [0.1, 0.15) is 11.5 Å². The molecule has 0 N–H and O–H groups in total. The molecule has 6 heteroatoms. The summed E-state index contributed by atoms with van der Waals surface area (Å²) in [5.74, 6) is 2.82. The van der Waals surface area contributed by atoms with E-state index in [-0.39, 0.29) is 11.9 Å². The molecule has 1 atom stereocenters. The fourth-order valence-electron chi connectivity index (χ4n) is 3.78. The van der Waals surface area contributed by atoms with Crippen molar-refractivity contribution in [2.75, 3.05) is 34.5 Å². The van der Waals surface area contributed by atoms with Crippen molar-refractivity contribution < 1.29 is 23.7 Å². The number of ether oxygens (including phenoxy) is 4. The van der Waals surface area contributed by atoms with Crippen LogP contribution in [0.3, 0.4) is 0 Å². The van der Waals surface area contributed by atoms with Crippen molar-refractivity contribution >= 4 is 12.0 Å². The number of benzene rings is 2. The zero-order valence-electron chi connectivity index (χ0n) is 18.0. The van der Waals surface area contributed by atoms with Crippen molar-refractivity contribution in [1.29, 1.82) is 0 Å². The van der Waals surface area contributed by atoms with E-state index in [9.17, 15) is 4.79 Å². The Balaban J connectivity index is 1.80. The maximum atomic E-state index is 13.0. The van der Waals surface area contributed by atoms with Gasteiger partial charge in [0.05, 0.1) is 34.0 Å². The second-order valence-corrected chi connectivity index (χ2v) is 6.97. The van der Waals surface area contributed by atoms with Crippen molar-refractivity contribution in [1.82, 2.24) is 4.90 Å². The smallest absolute Gasteiger partial charge is 0.247 e. The molecule has 1 saturated heterocycles. The molecule has 2 aromatic carbocycles. The highest BCUT2D eigenvalue weighted by molar-refractivity contribution is 5.92. The molecule has 0 saturated carbocycles. The SMILES string of the molecule is CCOc1ccc(/C=C/C(=O)N2CCCC2c2cc(OC)ccc2OC)cc1OC. The highest BCUT2D eigenvalue weighted by Gasteiger charge is 2.31. The van der Waals surface area contributed by atoms with Crippen LogP contribution < -0.4 is 18.9 Å². The van der Waals surface area contributed by atoms with Crippen LogP contribution in [-0.2, 0) is 4.79 Å². The van der Waals surface area contributed by atoms with Crippen LogP contribution >= 0.6 is 0 Å². The van der Waals surface area contributed by atoms with Gasteiger partial charge in [0, 0.05) is 18.2 Å². The maximum absolute atomic E-state index is 13.0. The Hall–Kier alpha value is -3.15. The second kappa shape index (κ2) is 10.1. The van der Waals surface area contributed by atoms with Crippen LogP contribution in [0.15, 0.2) is 42.5 Å². The monoisotopic (exact) mass is 411 g/mol. The zero-order valence-corrected chi connectivity index (χ0v) is 18.0. The molecule has 6 nitrogen and oxygen atoms in total. The predicted molar refractivity (Wildman–Crippen MR) is 116 cm³/mol. The van der Waals surface area contributed by atoms with E-state index >= 15 is 0 Å². The van der Waals surface area contributed by atoms with E-state index in [0.717, 1.165) is 35.5 Å². The number of hydrogen-bond acceptors (Lipinski definition) is 5. The quantitative estimate of drug-likeness (QED) is 0.599. The molecule has 0 radical (unpaired) electrons. The minimum absolute atomic E-state index is 0.0322. The van der Waals surface area contributed by atoms with E-state index in [0.29, 0.717) is 24.7 Å². The molecule has 0 spiro atoms. The number of hydrogen-bond donors (Lipinski definition) is 0. The van der Waals surface area contributed by atoms with Crippen molar-refractivity contribution in [3.8, 4) is 23.0 Å². The summed E-state index contributed by atoms with van der Waals surface area (Å²) >= 11 is 0. The van der Waals surface area contributed by atoms with Crippen LogP contribution in [0, 0.1) is 0 Å². The minimum atomic E-state index is -0.0398. The van der Waals surface area contributed by atoms with Crippen LogP contribution in [0.25, 0.3) is 6.08 Å². The summed E-state index contributed by atoms with van der Waals surface area (Å²) in [6.45, 7) is 3.20. The van der Waals surface area contributed by atoms with Gasteiger partial charge in [-0.2, -0.15) is 0 Å². The first-order valence-corrected chi connectivity index (χ1v) is 10.1. The minimum Gasteiger partial charge on any atom is -0.497 e. The average Bonchev–Trinajstić information content (AvgIpc) is 3.27. The number of nitrogens with zero attached hydrogens (tertiary/aromatic N) is 1. The predicted octanol–water partition coefficient (Wildman–Crippen LogP) is 4.49. The number of carbonyl (C=O) groups is 1. The maximum Gasteiger partial charge on any atom is 0.247 e. The van der Waals surface area contributed by atoms with E-state index in [1.165, 1.54) is 0 Å². The molecule has 3 rings (SSSR count). The topological polar surface area (TPSA) is 57.2 Å². The number of carbonyl (C=O) groups excluding carboxylic acids is 1. The summed E-state index contributed by atoms with van der Waals surface area (Å²) in [6.07, 6.45) is 5.25. The normalized spacial score (nSPS) is 16.0. The molecule has 30 heavy (non-hydrogen) atoms. The van der Waals surface area contributed by atoms with E-state index in [4.69, 9.17) is 18.9 Å². The summed E-state index contributed by atoms with van der Waals surface area (Å²) in [5.41, 5.74) is 1.84. The molecule has 2 aromatic rings. The van der Waals surface area contributed by atoms with Gasteiger partial charge in [0.25, 0.3) is 0 Å². The Kier molecular flexibility index (Phi) is 7.22. The summed E-state index contributed by atoms with van der Waals surface area (Å²) in [5, 5.41) is 0. The lowest BCUT2D eigenvalue weighted by atomic mass is 10.0. The van der Waals surface area contributed by atoms with Gasteiger partial charge in [0.15, 0.2) is 11.5 Å². The van der Waals surface area contributed by atoms with Crippen LogP contribution in [0.4, 0.5) is 0 Å². The average molecular weight is 411 g/mol. The Labute approximate surface area is 178 Å². The first-order chi connectivity index (χ1) is 14.6. The van der Waals surface area contributed by atoms with Crippen LogP contribution in [-0.4, -0.2) is 45.3 Å². The largest absolute Gasteiger partial charge is 0.497 e. The number of amides is 1. The molecular weight excluding hydrogens is 382 g/mol. The van der Waals surface area contributed by atoms with Crippen molar-refractivity contribution in [2.45, 2.75) is 25.8 Å². The molecule has 1 aliphatic heterocycles. The molecular formula is C24H29NO5. The first kappa shape index (κ1) is 21.6. The second-order valence-electron chi connectivity index (χ2n) is 6.97. The Morgan fingerprint density at radius 3 is 2.50 bits per heavy atom. The van der Waals surface area contributed by atoms with Crippen molar-refractivity contribution in [3.05, 3.63) is 53.6 Å². The van der Waals surface area contributed by atoms with Crippen LogP contribution in [0.5, 0.6) is 23.0 Å². The van der Waals surface area contributed by atoms with Gasteiger partial charge in [-0.05, 0) is 61.7 Å².